The van der Waals surface area contributed by atoms with Crippen LogP contribution < -0.4 is 11.1 Å². The first-order chi connectivity index (χ1) is 14.4. The van der Waals surface area contributed by atoms with Gasteiger partial charge in [-0.3, -0.25) is 4.99 Å². The van der Waals surface area contributed by atoms with Crippen LogP contribution in [0.25, 0.3) is 11.0 Å². The molecule has 156 valence electrons. The second-order valence-corrected chi connectivity index (χ2v) is 7.55. The highest BCUT2D eigenvalue weighted by atomic mass is 19.1. The Morgan fingerprint density at radius 3 is 2.87 bits per heavy atom. The molecule has 0 saturated carbocycles. The zero-order chi connectivity index (χ0) is 21.7. The van der Waals surface area contributed by atoms with Gasteiger partial charge in [0.25, 0.3) is 0 Å². The molecule has 3 aromatic rings. The fourth-order valence-corrected chi connectivity index (χ4v) is 2.86. The molecule has 0 amide bonds. The summed E-state index contributed by atoms with van der Waals surface area (Å²) in [5.74, 6) is 0.187. The van der Waals surface area contributed by atoms with Crippen LogP contribution in [0.15, 0.2) is 59.6 Å². The molecule has 7 heteroatoms. The molecule has 6 nitrogen and oxygen atoms in total. The molecule has 0 atom stereocenters. The number of H-pyrrole nitrogens is 1. The van der Waals surface area contributed by atoms with Gasteiger partial charge in [0.05, 0.1) is 0 Å². The summed E-state index contributed by atoms with van der Waals surface area (Å²) in [6.07, 6.45) is 7.22. The largest absolute Gasteiger partial charge is 0.404 e. The molecule has 0 saturated heterocycles. The van der Waals surface area contributed by atoms with E-state index in [1.54, 1.807) is 24.5 Å². The Hall–Kier alpha value is -3.48. The summed E-state index contributed by atoms with van der Waals surface area (Å²) < 4.78 is 14.6. The van der Waals surface area contributed by atoms with Crippen molar-refractivity contribution in [2.45, 2.75) is 27.2 Å². The highest BCUT2D eigenvalue weighted by molar-refractivity contribution is 5.81. The van der Waals surface area contributed by atoms with E-state index in [1.807, 2.05) is 33.0 Å². The van der Waals surface area contributed by atoms with Gasteiger partial charge in [0, 0.05) is 60.0 Å². The lowest BCUT2D eigenvalue weighted by Crippen LogP contribution is -2.10. The molecule has 0 aliphatic rings. The van der Waals surface area contributed by atoms with Crippen LogP contribution in [-0.2, 0) is 6.42 Å². The minimum Gasteiger partial charge on any atom is -0.404 e. The van der Waals surface area contributed by atoms with E-state index in [9.17, 15) is 4.39 Å². The average molecular weight is 407 g/mol. The van der Waals surface area contributed by atoms with Crippen molar-refractivity contribution < 1.29 is 4.39 Å². The predicted molar refractivity (Wildman–Crippen MR) is 121 cm³/mol. The summed E-state index contributed by atoms with van der Waals surface area (Å²) in [6, 6.07) is 5.55. The number of fused-ring (bicyclic) bond motifs is 1. The van der Waals surface area contributed by atoms with Crippen molar-refractivity contribution in [1.82, 2.24) is 15.0 Å². The number of halogens is 1. The molecule has 0 aromatic carbocycles. The van der Waals surface area contributed by atoms with Gasteiger partial charge < -0.3 is 16.0 Å². The van der Waals surface area contributed by atoms with E-state index in [0.717, 1.165) is 33.4 Å². The molecule has 4 N–H and O–H groups in total. The number of pyridine rings is 2. The average Bonchev–Trinajstić information content (AvgIpc) is 3.11. The molecule has 3 heterocycles. The predicted octanol–water partition coefficient (Wildman–Crippen LogP) is 4.49. The molecular weight excluding hydrogens is 379 g/mol. The van der Waals surface area contributed by atoms with Crippen molar-refractivity contribution in [2.24, 2.45) is 16.6 Å². The van der Waals surface area contributed by atoms with Crippen LogP contribution in [0, 0.1) is 18.8 Å². The third-order valence-corrected chi connectivity index (χ3v) is 4.81. The van der Waals surface area contributed by atoms with Gasteiger partial charge >= 0.3 is 0 Å². The van der Waals surface area contributed by atoms with Crippen LogP contribution in [0.1, 0.15) is 30.5 Å². The SMILES string of the molecule is C=C(/N=C\C(=C/N)CNc1ccc(Cc2c[nH]c3ncc(C)cc23)c(F)n1)C(C)C. The minimum atomic E-state index is -0.505. The number of hydrogen-bond donors (Lipinski definition) is 3. The third-order valence-electron chi connectivity index (χ3n) is 4.81. The number of allylic oxidation sites excluding steroid dienone is 1. The lowest BCUT2D eigenvalue weighted by molar-refractivity contribution is 0.572. The Morgan fingerprint density at radius 1 is 1.37 bits per heavy atom. The van der Waals surface area contributed by atoms with Gasteiger partial charge in [0.15, 0.2) is 0 Å². The summed E-state index contributed by atoms with van der Waals surface area (Å²) in [5, 5.41) is 4.07. The number of nitrogens with two attached hydrogens (primary N) is 1. The molecule has 0 aliphatic carbocycles. The third kappa shape index (κ3) is 5.11. The zero-order valence-electron chi connectivity index (χ0n) is 17.5. The van der Waals surface area contributed by atoms with Crippen LogP contribution >= 0.6 is 0 Å². The number of hydrogen-bond acceptors (Lipinski definition) is 5. The molecule has 3 rings (SSSR count). The quantitative estimate of drug-likeness (QED) is 0.380. The van der Waals surface area contributed by atoms with Gasteiger partial charge in [0.1, 0.15) is 11.5 Å². The van der Waals surface area contributed by atoms with Crippen molar-refractivity contribution in [2.75, 3.05) is 11.9 Å². The fourth-order valence-electron chi connectivity index (χ4n) is 2.86. The Labute approximate surface area is 175 Å². The molecule has 3 aromatic heterocycles. The molecule has 0 radical (unpaired) electrons. The highest BCUT2D eigenvalue weighted by Crippen LogP contribution is 2.22. The number of aromatic amines is 1. The Kier molecular flexibility index (Phi) is 6.61. The number of nitrogens with one attached hydrogen (secondary N) is 2. The molecule has 0 fully saturated rings. The summed E-state index contributed by atoms with van der Waals surface area (Å²) in [6.45, 7) is 10.3. The number of rotatable bonds is 8. The van der Waals surface area contributed by atoms with E-state index in [2.05, 4.69) is 31.8 Å². The van der Waals surface area contributed by atoms with Crippen molar-refractivity contribution >= 4 is 23.1 Å². The number of anilines is 1. The monoisotopic (exact) mass is 406 g/mol. The number of aromatic nitrogens is 3. The van der Waals surface area contributed by atoms with Gasteiger partial charge in [-0.2, -0.15) is 4.39 Å². The Morgan fingerprint density at radius 2 is 2.17 bits per heavy atom. The minimum absolute atomic E-state index is 0.258. The lowest BCUT2D eigenvalue weighted by atomic mass is 10.1. The van der Waals surface area contributed by atoms with E-state index in [1.165, 1.54) is 6.20 Å². The Bertz CT molecular complexity index is 1110. The number of nitrogens with zero attached hydrogens (tertiary/aromatic N) is 3. The standard InChI is InChI=1S/C23H27FN6/c1-14(2)16(4)26-11-17(9-25)12-27-21-6-5-18(22(24)30-21)8-19-13-29-23-20(19)7-15(3)10-28-23/h5-7,9-11,13-14H,4,8,12,25H2,1-3H3,(H,27,30)(H,28,29)/b17-9+,26-11-. The van der Waals surface area contributed by atoms with Crippen LogP contribution in [-0.4, -0.2) is 27.7 Å². The first-order valence-electron chi connectivity index (χ1n) is 9.83. The van der Waals surface area contributed by atoms with Gasteiger partial charge in [0.2, 0.25) is 5.95 Å². The van der Waals surface area contributed by atoms with Gasteiger partial charge in [-0.05, 0) is 36.1 Å². The second kappa shape index (κ2) is 9.35. The van der Waals surface area contributed by atoms with Crippen LogP contribution in [0.4, 0.5) is 10.2 Å². The topological polar surface area (TPSA) is 92.0 Å². The van der Waals surface area contributed by atoms with Crippen LogP contribution in [0.3, 0.4) is 0 Å². The maximum atomic E-state index is 14.6. The Balaban J connectivity index is 1.67. The molecule has 0 spiro atoms. The van der Waals surface area contributed by atoms with Crippen LogP contribution in [0.2, 0.25) is 0 Å². The first-order valence-corrected chi connectivity index (χ1v) is 9.83. The maximum Gasteiger partial charge on any atom is 0.218 e. The maximum absolute atomic E-state index is 14.6. The van der Waals surface area contributed by atoms with Gasteiger partial charge in [-0.1, -0.05) is 26.5 Å². The number of aryl methyl sites for hydroxylation is 1. The number of aliphatic imine (C=N–C) groups is 1. The van der Waals surface area contributed by atoms with E-state index < -0.39 is 5.95 Å². The zero-order valence-corrected chi connectivity index (χ0v) is 17.5. The van der Waals surface area contributed by atoms with E-state index >= 15 is 0 Å². The second-order valence-electron chi connectivity index (χ2n) is 7.55. The highest BCUT2D eigenvalue weighted by Gasteiger charge is 2.11. The summed E-state index contributed by atoms with van der Waals surface area (Å²) in [7, 11) is 0. The normalized spacial score (nSPS) is 12.2. The molecule has 0 unspecified atom stereocenters. The molecular formula is C23H27FN6. The van der Waals surface area contributed by atoms with Gasteiger partial charge in [-0.15, -0.1) is 0 Å². The molecule has 30 heavy (non-hydrogen) atoms. The van der Waals surface area contributed by atoms with E-state index in [0.29, 0.717) is 24.3 Å². The van der Waals surface area contributed by atoms with Crippen molar-refractivity contribution in [3.63, 3.8) is 0 Å². The smallest absolute Gasteiger partial charge is 0.218 e. The lowest BCUT2D eigenvalue weighted by Gasteiger charge is -2.09. The first kappa shape index (κ1) is 21.2. The summed E-state index contributed by atoms with van der Waals surface area (Å²) >= 11 is 0. The van der Waals surface area contributed by atoms with Crippen molar-refractivity contribution in [1.29, 1.82) is 0 Å². The van der Waals surface area contributed by atoms with Crippen LogP contribution in [0.5, 0.6) is 0 Å². The molecule has 0 aliphatic heterocycles. The van der Waals surface area contributed by atoms with Gasteiger partial charge in [-0.25, -0.2) is 9.97 Å². The summed E-state index contributed by atoms with van der Waals surface area (Å²) in [5.41, 5.74) is 10.5. The molecule has 0 bridgehead atoms. The fraction of sp³-hybridized carbons (Fsp3) is 0.261. The summed E-state index contributed by atoms with van der Waals surface area (Å²) in [4.78, 5) is 15.8. The van der Waals surface area contributed by atoms with E-state index in [4.69, 9.17) is 5.73 Å². The van der Waals surface area contributed by atoms with E-state index in [-0.39, 0.29) is 5.92 Å². The van der Waals surface area contributed by atoms with Crippen molar-refractivity contribution in [3.05, 3.63) is 77.3 Å². The van der Waals surface area contributed by atoms with Crippen molar-refractivity contribution in [3.8, 4) is 0 Å².